The van der Waals surface area contributed by atoms with Gasteiger partial charge < -0.3 is 15.5 Å². The van der Waals surface area contributed by atoms with E-state index in [1.165, 1.54) is 0 Å². The molecule has 0 spiro atoms. The molecule has 1 saturated carbocycles. The van der Waals surface area contributed by atoms with E-state index in [0.29, 0.717) is 24.0 Å². The van der Waals surface area contributed by atoms with E-state index in [1.54, 1.807) is 24.3 Å². The number of carboxylic acid groups (broad SMARTS) is 1. The Bertz CT molecular complexity index is 604. The van der Waals surface area contributed by atoms with E-state index in [9.17, 15) is 14.7 Å². The molecule has 1 aromatic carbocycles. The molecule has 22 heavy (non-hydrogen) atoms. The van der Waals surface area contributed by atoms with Gasteiger partial charge in [0.25, 0.3) is 5.91 Å². The first-order valence-corrected chi connectivity index (χ1v) is 7.34. The standard InChI is InChI=1S/C17H19NO4/c19-15(20)12-18-16(21)14-6-4-13(5-7-14)8-11-17(22)9-2-1-3-10-17/h4-7,22H,1-3,9-10,12H2,(H,18,21)(H,19,20). The van der Waals surface area contributed by atoms with Gasteiger partial charge in [-0.05, 0) is 49.9 Å². The molecular formula is C17H19NO4. The van der Waals surface area contributed by atoms with Crippen molar-refractivity contribution in [1.29, 1.82) is 0 Å². The van der Waals surface area contributed by atoms with Crippen LogP contribution in [0.3, 0.4) is 0 Å². The zero-order valence-electron chi connectivity index (χ0n) is 12.3. The maximum atomic E-state index is 11.7. The van der Waals surface area contributed by atoms with Crippen LogP contribution in [-0.4, -0.2) is 34.2 Å². The van der Waals surface area contributed by atoms with E-state index in [-0.39, 0.29) is 0 Å². The summed E-state index contributed by atoms with van der Waals surface area (Å²) in [5, 5.41) is 21.1. The van der Waals surface area contributed by atoms with Crippen molar-refractivity contribution < 1.29 is 19.8 Å². The summed E-state index contributed by atoms with van der Waals surface area (Å²) in [6.07, 6.45) is 4.54. The molecule has 1 aromatic rings. The molecule has 0 heterocycles. The minimum atomic E-state index is -1.09. The van der Waals surface area contributed by atoms with Gasteiger partial charge in [0, 0.05) is 11.1 Å². The third kappa shape index (κ3) is 4.61. The average Bonchev–Trinajstić information content (AvgIpc) is 2.52. The van der Waals surface area contributed by atoms with Gasteiger partial charge in [-0.3, -0.25) is 9.59 Å². The normalized spacial score (nSPS) is 16.2. The Kier molecular flexibility index (Phi) is 5.18. The highest BCUT2D eigenvalue weighted by atomic mass is 16.4. The number of aliphatic carboxylic acids is 1. The molecule has 1 aliphatic carbocycles. The van der Waals surface area contributed by atoms with Crippen LogP contribution in [0.1, 0.15) is 48.0 Å². The maximum Gasteiger partial charge on any atom is 0.322 e. The summed E-state index contributed by atoms with van der Waals surface area (Å²) >= 11 is 0. The molecule has 2 rings (SSSR count). The molecule has 0 aliphatic heterocycles. The van der Waals surface area contributed by atoms with Crippen molar-refractivity contribution >= 4 is 11.9 Å². The summed E-state index contributed by atoms with van der Waals surface area (Å²) in [6, 6.07) is 6.56. The second-order valence-corrected chi connectivity index (χ2v) is 5.50. The van der Waals surface area contributed by atoms with Crippen LogP contribution in [0.2, 0.25) is 0 Å². The highest BCUT2D eigenvalue weighted by molar-refractivity contribution is 5.95. The van der Waals surface area contributed by atoms with Crippen LogP contribution < -0.4 is 5.32 Å². The minimum absolute atomic E-state index is 0.378. The van der Waals surface area contributed by atoms with Crippen LogP contribution >= 0.6 is 0 Å². The van der Waals surface area contributed by atoms with Crippen LogP contribution in [0.25, 0.3) is 0 Å². The second-order valence-electron chi connectivity index (χ2n) is 5.50. The summed E-state index contributed by atoms with van der Waals surface area (Å²) in [4.78, 5) is 22.1. The van der Waals surface area contributed by atoms with Gasteiger partial charge in [-0.15, -0.1) is 0 Å². The van der Waals surface area contributed by atoms with Crippen molar-refractivity contribution in [2.45, 2.75) is 37.7 Å². The molecule has 5 heteroatoms. The molecule has 0 saturated heterocycles. The highest BCUT2D eigenvalue weighted by Crippen LogP contribution is 2.27. The van der Waals surface area contributed by atoms with Crippen molar-refractivity contribution in [3.05, 3.63) is 35.4 Å². The van der Waals surface area contributed by atoms with Gasteiger partial charge >= 0.3 is 5.97 Å². The molecule has 1 fully saturated rings. The Balaban J connectivity index is 2.00. The fourth-order valence-corrected chi connectivity index (χ4v) is 2.41. The first kappa shape index (κ1) is 16.1. The van der Waals surface area contributed by atoms with Gasteiger partial charge in [-0.1, -0.05) is 18.3 Å². The third-order valence-electron chi connectivity index (χ3n) is 3.67. The zero-order valence-corrected chi connectivity index (χ0v) is 12.3. The van der Waals surface area contributed by atoms with Gasteiger partial charge in [-0.25, -0.2) is 0 Å². The number of carbonyl (C=O) groups excluding carboxylic acids is 1. The molecule has 0 unspecified atom stereocenters. The van der Waals surface area contributed by atoms with E-state index < -0.39 is 24.0 Å². The number of rotatable bonds is 3. The van der Waals surface area contributed by atoms with E-state index in [1.807, 2.05) is 0 Å². The van der Waals surface area contributed by atoms with E-state index in [0.717, 1.165) is 19.3 Å². The molecule has 116 valence electrons. The maximum absolute atomic E-state index is 11.7. The van der Waals surface area contributed by atoms with E-state index in [2.05, 4.69) is 17.2 Å². The number of carboxylic acids is 1. The first-order valence-electron chi connectivity index (χ1n) is 7.34. The summed E-state index contributed by atoms with van der Waals surface area (Å²) in [5.41, 5.74) is 0.201. The van der Waals surface area contributed by atoms with Crippen LogP contribution in [0, 0.1) is 11.8 Å². The number of nitrogens with one attached hydrogen (secondary N) is 1. The Morgan fingerprint density at radius 1 is 1.14 bits per heavy atom. The lowest BCUT2D eigenvalue weighted by Crippen LogP contribution is -2.29. The molecular weight excluding hydrogens is 282 g/mol. The van der Waals surface area contributed by atoms with E-state index in [4.69, 9.17) is 5.11 Å². The first-order chi connectivity index (χ1) is 10.5. The lowest BCUT2D eigenvalue weighted by Gasteiger charge is -2.26. The Labute approximate surface area is 129 Å². The molecule has 5 nitrogen and oxygen atoms in total. The Hall–Kier alpha value is -2.32. The van der Waals surface area contributed by atoms with Crippen LogP contribution in [0.4, 0.5) is 0 Å². The summed E-state index contributed by atoms with van der Waals surface area (Å²) in [5.74, 6) is 4.35. The van der Waals surface area contributed by atoms with Crippen molar-refractivity contribution in [3.8, 4) is 11.8 Å². The zero-order chi connectivity index (χ0) is 16.0. The number of carbonyl (C=O) groups is 2. The van der Waals surface area contributed by atoms with Crippen LogP contribution in [0.15, 0.2) is 24.3 Å². The number of benzene rings is 1. The lowest BCUT2D eigenvalue weighted by molar-refractivity contribution is -0.135. The van der Waals surface area contributed by atoms with Crippen molar-refractivity contribution in [1.82, 2.24) is 5.32 Å². The van der Waals surface area contributed by atoms with Gasteiger partial charge in [-0.2, -0.15) is 0 Å². The largest absolute Gasteiger partial charge is 0.480 e. The van der Waals surface area contributed by atoms with Gasteiger partial charge in [0.1, 0.15) is 12.1 Å². The van der Waals surface area contributed by atoms with Crippen molar-refractivity contribution in [2.75, 3.05) is 6.54 Å². The fraction of sp³-hybridized carbons (Fsp3) is 0.412. The van der Waals surface area contributed by atoms with Crippen molar-refractivity contribution in [3.63, 3.8) is 0 Å². The van der Waals surface area contributed by atoms with Crippen LogP contribution in [-0.2, 0) is 4.79 Å². The minimum Gasteiger partial charge on any atom is -0.480 e. The molecule has 0 bridgehead atoms. The van der Waals surface area contributed by atoms with Crippen LogP contribution in [0.5, 0.6) is 0 Å². The van der Waals surface area contributed by atoms with Gasteiger partial charge in [0.15, 0.2) is 0 Å². The van der Waals surface area contributed by atoms with E-state index >= 15 is 0 Å². The molecule has 1 aliphatic rings. The van der Waals surface area contributed by atoms with Crippen molar-refractivity contribution in [2.24, 2.45) is 0 Å². The smallest absolute Gasteiger partial charge is 0.322 e. The summed E-state index contributed by atoms with van der Waals surface area (Å²) in [7, 11) is 0. The lowest BCUT2D eigenvalue weighted by atomic mass is 9.85. The average molecular weight is 301 g/mol. The number of amides is 1. The summed E-state index contributed by atoms with van der Waals surface area (Å²) in [6.45, 7) is -0.409. The second kappa shape index (κ2) is 7.10. The molecule has 1 amide bonds. The predicted molar refractivity (Wildman–Crippen MR) is 81.3 cm³/mol. The molecule has 0 atom stereocenters. The summed E-state index contributed by atoms with van der Waals surface area (Å²) < 4.78 is 0. The monoisotopic (exact) mass is 301 g/mol. The highest BCUT2D eigenvalue weighted by Gasteiger charge is 2.26. The number of hydrogen-bond donors (Lipinski definition) is 3. The Morgan fingerprint density at radius 2 is 1.77 bits per heavy atom. The molecule has 3 N–H and O–H groups in total. The van der Waals surface area contributed by atoms with Gasteiger partial charge in [0.2, 0.25) is 0 Å². The quantitative estimate of drug-likeness (QED) is 0.739. The Morgan fingerprint density at radius 3 is 2.36 bits per heavy atom. The fourth-order valence-electron chi connectivity index (χ4n) is 2.41. The van der Waals surface area contributed by atoms with Gasteiger partial charge in [0.05, 0.1) is 0 Å². The predicted octanol–water partition coefficient (Wildman–Crippen LogP) is 1.55. The number of aliphatic hydroxyl groups is 1. The number of hydrogen-bond acceptors (Lipinski definition) is 3. The topological polar surface area (TPSA) is 86.6 Å². The molecule has 0 radical (unpaired) electrons. The third-order valence-corrected chi connectivity index (χ3v) is 3.67. The SMILES string of the molecule is O=C(O)CNC(=O)c1ccc(C#CC2(O)CCCCC2)cc1. The molecule has 0 aromatic heterocycles.